The Bertz CT molecular complexity index is 819. The fourth-order valence-corrected chi connectivity index (χ4v) is 2.38. The van der Waals surface area contributed by atoms with Crippen LogP contribution in [0.3, 0.4) is 0 Å². The van der Waals surface area contributed by atoms with Crippen LogP contribution in [0.5, 0.6) is 0 Å². The molecule has 1 heterocycles. The number of nitrogens with two attached hydrogens (primary N) is 1. The van der Waals surface area contributed by atoms with Gasteiger partial charge in [-0.3, -0.25) is 4.79 Å². The van der Waals surface area contributed by atoms with Crippen LogP contribution < -0.4 is 11.1 Å². The average molecular weight is 318 g/mol. The first kappa shape index (κ1) is 15.7. The minimum Gasteiger partial charge on any atom is -0.365 e. The lowest BCUT2D eigenvalue weighted by molar-refractivity contribution is 0.100. The van der Waals surface area contributed by atoms with Crippen LogP contribution in [0.2, 0.25) is 0 Å². The number of primary amides is 1. The van der Waals surface area contributed by atoms with Crippen molar-refractivity contribution in [1.29, 1.82) is 0 Å². The van der Waals surface area contributed by atoms with Crippen molar-refractivity contribution in [2.45, 2.75) is 13.0 Å². The van der Waals surface area contributed by atoms with Crippen LogP contribution in [0.1, 0.15) is 27.3 Å². The van der Waals surface area contributed by atoms with Gasteiger partial charge in [-0.25, -0.2) is 9.97 Å². The lowest BCUT2D eigenvalue weighted by Crippen LogP contribution is -2.17. The molecular weight excluding hydrogens is 300 g/mol. The van der Waals surface area contributed by atoms with Crippen molar-refractivity contribution < 1.29 is 4.79 Å². The molecule has 24 heavy (non-hydrogen) atoms. The molecule has 5 nitrogen and oxygen atoms in total. The molecule has 1 amide bonds. The van der Waals surface area contributed by atoms with Gasteiger partial charge in [0.15, 0.2) is 0 Å². The number of anilines is 1. The van der Waals surface area contributed by atoms with Crippen LogP contribution in [0, 0.1) is 0 Å². The summed E-state index contributed by atoms with van der Waals surface area (Å²) < 4.78 is 0. The average Bonchev–Trinajstić information content (AvgIpc) is 2.61. The highest BCUT2D eigenvalue weighted by molar-refractivity contribution is 5.97. The molecule has 5 heteroatoms. The molecular formula is C19H18N4O. The van der Waals surface area contributed by atoms with Crippen LogP contribution >= 0.6 is 0 Å². The molecule has 3 N–H and O–H groups in total. The first-order valence-corrected chi connectivity index (χ1v) is 7.70. The van der Waals surface area contributed by atoms with Gasteiger partial charge in [-0.05, 0) is 11.1 Å². The second-order valence-corrected chi connectivity index (χ2v) is 5.41. The van der Waals surface area contributed by atoms with Crippen LogP contribution in [0.4, 0.5) is 5.82 Å². The maximum absolute atomic E-state index is 11.6. The maximum atomic E-state index is 11.6. The van der Waals surface area contributed by atoms with Gasteiger partial charge in [0.2, 0.25) is 0 Å². The third kappa shape index (κ3) is 3.95. The zero-order valence-electron chi connectivity index (χ0n) is 13.1. The Hall–Kier alpha value is -3.21. The van der Waals surface area contributed by atoms with E-state index < -0.39 is 5.91 Å². The Morgan fingerprint density at radius 3 is 2.21 bits per heavy atom. The molecule has 0 bridgehead atoms. The second kappa shape index (κ2) is 7.37. The number of benzene rings is 2. The number of carbonyl (C=O) groups excluding carboxylic acids is 1. The summed E-state index contributed by atoms with van der Waals surface area (Å²) in [5.41, 5.74) is 7.92. The molecule has 3 aromatic rings. The number of rotatable bonds is 6. The first-order chi connectivity index (χ1) is 11.7. The van der Waals surface area contributed by atoms with E-state index in [1.54, 1.807) is 0 Å². The second-order valence-electron chi connectivity index (χ2n) is 5.41. The first-order valence-electron chi connectivity index (χ1n) is 7.70. The smallest absolute Gasteiger partial charge is 0.254 e. The van der Waals surface area contributed by atoms with Crippen molar-refractivity contribution in [2.24, 2.45) is 5.73 Å². The molecule has 0 radical (unpaired) electrons. The maximum Gasteiger partial charge on any atom is 0.254 e. The van der Waals surface area contributed by atoms with Crippen molar-refractivity contribution in [3.05, 3.63) is 89.4 Å². The molecule has 0 saturated carbocycles. The Morgan fingerprint density at radius 1 is 0.958 bits per heavy atom. The van der Waals surface area contributed by atoms with E-state index in [-0.39, 0.29) is 0 Å². The number of hydrogen-bond acceptors (Lipinski definition) is 4. The van der Waals surface area contributed by atoms with E-state index in [9.17, 15) is 4.79 Å². The number of aromatic nitrogens is 2. The monoisotopic (exact) mass is 318 g/mol. The Morgan fingerprint density at radius 2 is 1.58 bits per heavy atom. The highest BCUT2D eigenvalue weighted by atomic mass is 16.1. The largest absolute Gasteiger partial charge is 0.365 e. The number of nitrogens with zero attached hydrogens (tertiary/aromatic N) is 2. The minimum absolute atomic E-state index is 0.294. The number of nitrogens with one attached hydrogen (secondary N) is 1. The van der Waals surface area contributed by atoms with E-state index in [0.29, 0.717) is 30.2 Å². The highest BCUT2D eigenvalue weighted by Crippen LogP contribution is 2.15. The normalized spacial score (nSPS) is 10.3. The lowest BCUT2D eigenvalue weighted by atomic mass is 10.1. The number of hydrogen-bond donors (Lipinski definition) is 2. The standard InChI is InChI=1S/C19H18N4O/c20-18(24)16-13-21-17(11-14-7-3-1-4-8-14)23-19(16)22-12-15-9-5-2-6-10-15/h1-10,13H,11-12H2,(H2,20,24)(H,21,22,23). The molecule has 0 saturated heterocycles. The van der Waals surface area contributed by atoms with E-state index >= 15 is 0 Å². The van der Waals surface area contributed by atoms with E-state index in [2.05, 4.69) is 15.3 Å². The fraction of sp³-hybridized carbons (Fsp3) is 0.105. The van der Waals surface area contributed by atoms with Gasteiger partial charge < -0.3 is 11.1 Å². The Kier molecular flexibility index (Phi) is 4.81. The molecule has 0 spiro atoms. The van der Waals surface area contributed by atoms with Crippen LogP contribution in [0.15, 0.2) is 66.9 Å². The van der Waals surface area contributed by atoms with Gasteiger partial charge in [-0.2, -0.15) is 0 Å². The quantitative estimate of drug-likeness (QED) is 0.732. The minimum atomic E-state index is -0.545. The van der Waals surface area contributed by atoms with Gasteiger partial charge in [0.25, 0.3) is 5.91 Å². The van der Waals surface area contributed by atoms with Gasteiger partial charge in [0, 0.05) is 19.2 Å². The van der Waals surface area contributed by atoms with Gasteiger partial charge >= 0.3 is 0 Å². The third-order valence-corrected chi connectivity index (χ3v) is 3.61. The fourth-order valence-electron chi connectivity index (χ4n) is 2.38. The lowest BCUT2D eigenvalue weighted by Gasteiger charge is -2.10. The molecule has 1 aromatic heterocycles. The molecule has 2 aromatic carbocycles. The number of amides is 1. The molecule has 3 rings (SSSR count). The predicted octanol–water partition coefficient (Wildman–Crippen LogP) is 2.78. The Labute approximate surface area is 140 Å². The van der Waals surface area contributed by atoms with E-state index in [4.69, 9.17) is 5.73 Å². The molecule has 120 valence electrons. The zero-order valence-corrected chi connectivity index (χ0v) is 13.1. The molecule has 0 aliphatic heterocycles. The van der Waals surface area contributed by atoms with Crippen LogP contribution in [-0.4, -0.2) is 15.9 Å². The summed E-state index contributed by atoms with van der Waals surface area (Å²) in [4.78, 5) is 20.3. The zero-order chi connectivity index (χ0) is 16.8. The van der Waals surface area contributed by atoms with Crippen molar-refractivity contribution in [3.8, 4) is 0 Å². The van der Waals surface area contributed by atoms with Gasteiger partial charge in [0.1, 0.15) is 11.6 Å². The van der Waals surface area contributed by atoms with Crippen molar-refractivity contribution in [1.82, 2.24) is 9.97 Å². The molecule has 0 fully saturated rings. The topological polar surface area (TPSA) is 80.9 Å². The van der Waals surface area contributed by atoms with Gasteiger partial charge in [-0.15, -0.1) is 0 Å². The number of carbonyl (C=O) groups is 1. The summed E-state index contributed by atoms with van der Waals surface area (Å²) in [6, 6.07) is 19.8. The predicted molar refractivity (Wildman–Crippen MR) is 93.6 cm³/mol. The van der Waals surface area contributed by atoms with E-state index in [1.165, 1.54) is 6.20 Å². The Balaban J connectivity index is 1.82. The molecule has 0 aliphatic rings. The molecule has 0 atom stereocenters. The van der Waals surface area contributed by atoms with Gasteiger partial charge in [0.05, 0.1) is 5.56 Å². The van der Waals surface area contributed by atoms with Crippen LogP contribution in [-0.2, 0) is 13.0 Å². The summed E-state index contributed by atoms with van der Waals surface area (Å²) in [5.74, 6) is 0.561. The van der Waals surface area contributed by atoms with E-state index in [0.717, 1.165) is 11.1 Å². The summed E-state index contributed by atoms with van der Waals surface area (Å²) in [7, 11) is 0. The van der Waals surface area contributed by atoms with Crippen molar-refractivity contribution >= 4 is 11.7 Å². The summed E-state index contributed by atoms with van der Waals surface area (Å²) in [5, 5.41) is 3.19. The summed E-state index contributed by atoms with van der Waals surface area (Å²) >= 11 is 0. The van der Waals surface area contributed by atoms with Gasteiger partial charge in [-0.1, -0.05) is 60.7 Å². The third-order valence-electron chi connectivity index (χ3n) is 3.61. The van der Waals surface area contributed by atoms with Crippen molar-refractivity contribution in [2.75, 3.05) is 5.32 Å². The van der Waals surface area contributed by atoms with Crippen molar-refractivity contribution in [3.63, 3.8) is 0 Å². The highest BCUT2D eigenvalue weighted by Gasteiger charge is 2.12. The molecule has 0 unspecified atom stereocenters. The summed E-state index contributed by atoms with van der Waals surface area (Å²) in [6.45, 7) is 0.558. The SMILES string of the molecule is NC(=O)c1cnc(Cc2ccccc2)nc1NCc1ccccc1. The molecule has 0 aliphatic carbocycles. The van der Waals surface area contributed by atoms with E-state index in [1.807, 2.05) is 60.7 Å². The van der Waals surface area contributed by atoms with Crippen LogP contribution in [0.25, 0.3) is 0 Å². The summed E-state index contributed by atoms with van der Waals surface area (Å²) in [6.07, 6.45) is 2.08.